The average Bonchev–Trinajstić information content (AvgIpc) is 2.06. The van der Waals surface area contributed by atoms with Crippen LogP contribution in [0.4, 0.5) is 0 Å². The molecule has 0 heterocycles. The summed E-state index contributed by atoms with van der Waals surface area (Å²) in [5.41, 5.74) is 3.81. The van der Waals surface area contributed by atoms with Crippen LogP contribution in [-0.4, -0.2) is 5.21 Å². The fourth-order valence-electron chi connectivity index (χ4n) is 0.900. The molecule has 0 bridgehead atoms. The van der Waals surface area contributed by atoms with Gasteiger partial charge in [-0.3, -0.25) is 0 Å². The maximum absolute atomic E-state index is 8.42. The van der Waals surface area contributed by atoms with Gasteiger partial charge in [-0.2, -0.15) is 0 Å². The molecule has 1 aromatic rings. The fourth-order valence-corrected chi connectivity index (χ4v) is 0.900. The molecule has 0 aliphatic rings. The van der Waals surface area contributed by atoms with Crippen molar-refractivity contribution in [2.75, 3.05) is 0 Å². The first-order chi connectivity index (χ1) is 5.38. The molecule has 0 fully saturated rings. The quantitative estimate of drug-likeness (QED) is 0.485. The minimum absolute atomic E-state index is 0.389. The lowest BCUT2D eigenvalue weighted by molar-refractivity contribution is 0.161. The molecule has 0 radical (unpaired) electrons. The lowest BCUT2D eigenvalue weighted by atomic mass is 10.1. The Labute approximate surface area is 65.8 Å². The van der Waals surface area contributed by atoms with E-state index in [1.54, 1.807) is 0 Å². The highest BCUT2D eigenvalue weighted by Crippen LogP contribution is 2.05. The lowest BCUT2D eigenvalue weighted by Gasteiger charge is -2.00. The normalized spacial score (nSPS) is 9.09. The third-order valence-corrected chi connectivity index (χ3v) is 1.44. The van der Waals surface area contributed by atoms with Gasteiger partial charge < -0.3 is 5.21 Å². The Hall–Kier alpha value is -1.30. The topological polar surface area (TPSA) is 32.3 Å². The van der Waals surface area contributed by atoms with Crippen LogP contribution >= 0.6 is 0 Å². The first kappa shape index (κ1) is 7.80. The van der Waals surface area contributed by atoms with Gasteiger partial charge >= 0.3 is 0 Å². The van der Waals surface area contributed by atoms with Crippen LogP contribution in [-0.2, 0) is 6.54 Å². The van der Waals surface area contributed by atoms with Crippen LogP contribution in [0.5, 0.6) is 0 Å². The Kier molecular flexibility index (Phi) is 2.67. The van der Waals surface area contributed by atoms with Gasteiger partial charge in [-0.05, 0) is 11.6 Å². The van der Waals surface area contributed by atoms with Crippen LogP contribution in [0.1, 0.15) is 11.1 Å². The van der Waals surface area contributed by atoms with E-state index in [-0.39, 0.29) is 0 Å². The zero-order chi connectivity index (χ0) is 8.10. The zero-order valence-corrected chi connectivity index (χ0v) is 6.04. The highest BCUT2D eigenvalue weighted by molar-refractivity contribution is 5.39. The molecule has 0 atom stereocenters. The highest BCUT2D eigenvalue weighted by atomic mass is 16.5. The highest BCUT2D eigenvalue weighted by Gasteiger charge is 1.95. The van der Waals surface area contributed by atoms with Gasteiger partial charge in [0.15, 0.2) is 0 Å². The third kappa shape index (κ3) is 1.81. The van der Waals surface area contributed by atoms with Gasteiger partial charge in [0.25, 0.3) is 0 Å². The summed E-state index contributed by atoms with van der Waals surface area (Å²) in [7, 11) is 0. The predicted molar refractivity (Wildman–Crippen MR) is 43.0 cm³/mol. The number of terminal acetylenes is 1. The van der Waals surface area contributed by atoms with Crippen LogP contribution < -0.4 is 5.48 Å². The van der Waals surface area contributed by atoms with E-state index in [2.05, 4.69) is 11.4 Å². The maximum atomic E-state index is 8.42. The van der Waals surface area contributed by atoms with Crippen LogP contribution in [0.15, 0.2) is 24.3 Å². The second kappa shape index (κ2) is 3.77. The van der Waals surface area contributed by atoms with E-state index in [9.17, 15) is 0 Å². The number of nitrogens with one attached hydrogen (secondary N) is 1. The van der Waals surface area contributed by atoms with E-state index < -0.39 is 0 Å². The van der Waals surface area contributed by atoms with Crippen molar-refractivity contribution in [3.63, 3.8) is 0 Å². The number of rotatable bonds is 2. The predicted octanol–water partition coefficient (Wildman–Crippen LogP) is 1.15. The smallest absolute Gasteiger partial charge is 0.0470 e. The number of benzene rings is 1. The standard InChI is InChI=1S/C9H9NO/c1-2-8-5-3-4-6-9(8)7-10-11/h1,3-6,10-11H,7H2. The van der Waals surface area contributed by atoms with Crippen molar-refractivity contribution in [2.45, 2.75) is 6.54 Å². The summed E-state index contributed by atoms with van der Waals surface area (Å²) in [6, 6.07) is 7.47. The summed E-state index contributed by atoms with van der Waals surface area (Å²) in [6.07, 6.45) is 5.22. The summed E-state index contributed by atoms with van der Waals surface area (Å²) >= 11 is 0. The SMILES string of the molecule is C#Cc1ccccc1CNO. The Balaban J connectivity index is 2.95. The van der Waals surface area contributed by atoms with E-state index in [4.69, 9.17) is 11.6 Å². The number of hydrogen-bond acceptors (Lipinski definition) is 2. The molecule has 0 saturated heterocycles. The molecule has 0 aliphatic heterocycles. The summed E-state index contributed by atoms with van der Waals surface area (Å²) < 4.78 is 0. The van der Waals surface area contributed by atoms with Gasteiger partial charge in [0.05, 0.1) is 0 Å². The first-order valence-electron chi connectivity index (χ1n) is 3.30. The summed E-state index contributed by atoms with van der Waals surface area (Å²) in [5.74, 6) is 2.53. The second-order valence-electron chi connectivity index (χ2n) is 2.14. The second-order valence-corrected chi connectivity index (χ2v) is 2.14. The molecule has 1 aromatic carbocycles. The van der Waals surface area contributed by atoms with Crippen LogP contribution in [0, 0.1) is 12.3 Å². The molecule has 0 aliphatic carbocycles. The molecule has 0 aromatic heterocycles. The van der Waals surface area contributed by atoms with Gasteiger partial charge in [0.2, 0.25) is 0 Å². The van der Waals surface area contributed by atoms with Crippen molar-refractivity contribution in [3.8, 4) is 12.3 Å². The number of hydroxylamine groups is 1. The van der Waals surface area contributed by atoms with Crippen molar-refractivity contribution in [1.29, 1.82) is 0 Å². The molecule has 56 valence electrons. The van der Waals surface area contributed by atoms with Crippen molar-refractivity contribution in [3.05, 3.63) is 35.4 Å². The van der Waals surface area contributed by atoms with E-state index >= 15 is 0 Å². The van der Waals surface area contributed by atoms with Gasteiger partial charge in [-0.15, -0.1) is 6.42 Å². The molecule has 2 N–H and O–H groups in total. The molecule has 2 heteroatoms. The Morgan fingerprint density at radius 2 is 2.18 bits per heavy atom. The zero-order valence-electron chi connectivity index (χ0n) is 6.04. The van der Waals surface area contributed by atoms with Gasteiger partial charge in [-0.1, -0.05) is 24.1 Å². The molecular weight excluding hydrogens is 138 g/mol. The summed E-state index contributed by atoms with van der Waals surface area (Å²) in [5, 5.41) is 8.42. The molecular formula is C9H9NO. The molecule has 0 saturated carbocycles. The average molecular weight is 147 g/mol. The Morgan fingerprint density at radius 3 is 2.82 bits per heavy atom. The van der Waals surface area contributed by atoms with Crippen molar-refractivity contribution in [1.82, 2.24) is 5.48 Å². The monoisotopic (exact) mass is 147 g/mol. The van der Waals surface area contributed by atoms with E-state index in [1.165, 1.54) is 0 Å². The van der Waals surface area contributed by atoms with Gasteiger partial charge in [-0.25, -0.2) is 5.48 Å². The summed E-state index contributed by atoms with van der Waals surface area (Å²) in [6.45, 7) is 0.389. The first-order valence-corrected chi connectivity index (χ1v) is 3.30. The van der Waals surface area contributed by atoms with E-state index in [1.807, 2.05) is 24.3 Å². The van der Waals surface area contributed by atoms with Crippen molar-refractivity contribution in [2.24, 2.45) is 0 Å². The Bertz CT molecular complexity index is 275. The van der Waals surface area contributed by atoms with Gasteiger partial charge in [0.1, 0.15) is 0 Å². The number of hydrogen-bond donors (Lipinski definition) is 2. The fraction of sp³-hybridized carbons (Fsp3) is 0.111. The van der Waals surface area contributed by atoms with Crippen LogP contribution in [0.2, 0.25) is 0 Å². The minimum Gasteiger partial charge on any atom is -0.316 e. The molecule has 0 spiro atoms. The Morgan fingerprint density at radius 1 is 1.45 bits per heavy atom. The van der Waals surface area contributed by atoms with Crippen molar-refractivity contribution < 1.29 is 5.21 Å². The largest absolute Gasteiger partial charge is 0.316 e. The summed E-state index contributed by atoms with van der Waals surface area (Å²) in [4.78, 5) is 0. The van der Waals surface area contributed by atoms with Crippen LogP contribution in [0.25, 0.3) is 0 Å². The molecule has 1 rings (SSSR count). The molecule has 0 amide bonds. The maximum Gasteiger partial charge on any atom is 0.0470 e. The van der Waals surface area contributed by atoms with Gasteiger partial charge in [0, 0.05) is 12.1 Å². The minimum atomic E-state index is 0.389. The van der Waals surface area contributed by atoms with E-state index in [0.717, 1.165) is 11.1 Å². The third-order valence-electron chi connectivity index (χ3n) is 1.44. The molecule has 11 heavy (non-hydrogen) atoms. The molecule has 2 nitrogen and oxygen atoms in total. The van der Waals surface area contributed by atoms with Crippen LogP contribution in [0.3, 0.4) is 0 Å². The molecule has 0 unspecified atom stereocenters. The van der Waals surface area contributed by atoms with E-state index in [0.29, 0.717) is 6.54 Å². The van der Waals surface area contributed by atoms with Crippen molar-refractivity contribution >= 4 is 0 Å². The lowest BCUT2D eigenvalue weighted by Crippen LogP contribution is -2.07.